The summed E-state index contributed by atoms with van der Waals surface area (Å²) in [4.78, 5) is 0. The molecule has 0 aromatic rings. The predicted octanol–water partition coefficient (Wildman–Crippen LogP) is 22.8. The third kappa shape index (κ3) is 141. The molecule has 0 aliphatic carbocycles. The third-order valence-electron chi connectivity index (χ3n) is 7.69. The number of allylic oxidation sites excluding steroid dienone is 1. The highest BCUT2D eigenvalue weighted by atomic mass is 14.2. The largest absolute Gasteiger partial charge is 0.0999 e. The van der Waals surface area contributed by atoms with Crippen LogP contribution >= 0.6 is 0 Å². The molecule has 0 aromatic carbocycles. The van der Waals surface area contributed by atoms with Gasteiger partial charge in [-0.3, -0.25) is 0 Å². The third-order valence-corrected chi connectivity index (χ3v) is 7.69. The van der Waals surface area contributed by atoms with Gasteiger partial charge in [-0.25, -0.2) is 0 Å². The van der Waals surface area contributed by atoms with Crippen molar-refractivity contribution in [3.8, 4) is 0 Å². The van der Waals surface area contributed by atoms with E-state index in [0.29, 0.717) is 5.41 Å². The van der Waals surface area contributed by atoms with Crippen molar-refractivity contribution in [2.45, 2.75) is 332 Å². The number of hydrogen-bond acceptors (Lipinski definition) is 0. The van der Waals surface area contributed by atoms with Gasteiger partial charge >= 0.3 is 0 Å². The molecule has 0 nitrogen and oxygen atoms in total. The molecule has 0 amide bonds. The van der Waals surface area contributed by atoms with E-state index >= 15 is 0 Å². The Kier molecular flexibility index (Phi) is 118. The van der Waals surface area contributed by atoms with Crippen LogP contribution < -0.4 is 0 Å². The van der Waals surface area contributed by atoms with E-state index in [4.69, 9.17) is 0 Å². The molecule has 0 aliphatic heterocycles. The van der Waals surface area contributed by atoms with E-state index in [1.165, 1.54) is 179 Å². The van der Waals surface area contributed by atoms with Crippen molar-refractivity contribution in [1.82, 2.24) is 0 Å². The molecule has 0 atom stereocenters. The lowest BCUT2D eigenvalue weighted by Gasteiger charge is -2.18. The zero-order chi connectivity index (χ0) is 44.2. The second-order valence-electron chi connectivity index (χ2n) is 16.1. The molecule has 0 saturated heterocycles. The zero-order valence-electron chi connectivity index (χ0n) is 43.8. The van der Waals surface area contributed by atoms with Crippen LogP contribution in [0.5, 0.6) is 0 Å². The summed E-state index contributed by atoms with van der Waals surface area (Å²) in [6.07, 6.45) is 41.4. The summed E-state index contributed by atoms with van der Waals surface area (Å²) in [7, 11) is 0. The smallest absolute Gasteiger partial charge is 0.0274 e. The molecule has 54 heavy (non-hydrogen) atoms. The second-order valence-corrected chi connectivity index (χ2v) is 16.1. The number of rotatable bonds is 26. The van der Waals surface area contributed by atoms with Gasteiger partial charge in [-0.1, -0.05) is 331 Å². The van der Waals surface area contributed by atoms with E-state index < -0.39 is 0 Å². The Morgan fingerprint density at radius 3 is 0.556 bits per heavy atom. The van der Waals surface area contributed by atoms with Crippen molar-refractivity contribution in [1.29, 1.82) is 0 Å². The summed E-state index contributed by atoms with van der Waals surface area (Å²) in [5, 5.41) is 0. The summed E-state index contributed by atoms with van der Waals surface area (Å²) in [5.74, 6) is 0.833. The highest BCUT2D eigenvalue weighted by molar-refractivity contribution is 4.95. The van der Waals surface area contributed by atoms with Gasteiger partial charge in [-0.2, -0.15) is 0 Å². The minimum atomic E-state index is 0.424. The monoisotopic (exact) mass is 773 g/mol. The van der Waals surface area contributed by atoms with Gasteiger partial charge in [0.2, 0.25) is 0 Å². The lowest BCUT2D eigenvalue weighted by Crippen LogP contribution is -2.05. The first-order valence-corrected chi connectivity index (χ1v) is 25.6. The van der Waals surface area contributed by atoms with Crippen LogP contribution in [0.25, 0.3) is 0 Å². The summed E-state index contributed by atoms with van der Waals surface area (Å²) in [5.41, 5.74) is 1.79. The van der Waals surface area contributed by atoms with E-state index in [9.17, 15) is 0 Å². The molecule has 0 aliphatic rings. The van der Waals surface area contributed by atoms with Crippen molar-refractivity contribution in [2.75, 3.05) is 0 Å². The van der Waals surface area contributed by atoms with Crippen LogP contribution in [0, 0.1) is 11.3 Å². The molecule has 0 heterocycles. The molecule has 0 rings (SSSR count). The maximum Gasteiger partial charge on any atom is -0.0274 e. The van der Waals surface area contributed by atoms with Gasteiger partial charge in [0.05, 0.1) is 0 Å². The van der Waals surface area contributed by atoms with Crippen molar-refractivity contribution < 1.29 is 0 Å². The van der Waals surface area contributed by atoms with E-state index in [2.05, 4.69) is 96.6 Å². The summed E-state index contributed by atoms with van der Waals surface area (Å²) >= 11 is 0. The van der Waals surface area contributed by atoms with Crippen LogP contribution in [0.1, 0.15) is 332 Å². The molecule has 0 bridgehead atoms. The van der Waals surface area contributed by atoms with E-state index in [-0.39, 0.29) is 0 Å². The molecule has 340 valence electrons. The maximum absolute atomic E-state index is 3.96. The molecule has 0 unspecified atom stereocenters. The van der Waals surface area contributed by atoms with Gasteiger partial charge < -0.3 is 0 Å². The maximum atomic E-state index is 3.96. The molecular weight excluding hydrogens is 649 g/mol. The van der Waals surface area contributed by atoms with Gasteiger partial charge in [0.15, 0.2) is 0 Å². The Bertz CT molecular complexity index is 412. The Morgan fingerprint density at radius 2 is 0.481 bits per heavy atom. The summed E-state index contributed by atoms with van der Waals surface area (Å²) < 4.78 is 0. The van der Waals surface area contributed by atoms with Crippen molar-refractivity contribution in [2.24, 2.45) is 11.3 Å². The van der Waals surface area contributed by atoms with Crippen LogP contribution in [0.4, 0.5) is 0 Å². The van der Waals surface area contributed by atoms with Crippen LogP contribution in [-0.2, 0) is 0 Å². The molecule has 0 radical (unpaired) electrons. The minimum absolute atomic E-state index is 0.424. The highest BCUT2D eigenvalue weighted by Gasteiger charge is 2.10. The van der Waals surface area contributed by atoms with Gasteiger partial charge in [-0.15, -0.1) is 0 Å². The Morgan fingerprint density at radius 1 is 0.352 bits per heavy atom. The molecule has 0 spiro atoms. The van der Waals surface area contributed by atoms with Crippen LogP contribution in [0.15, 0.2) is 12.2 Å². The van der Waals surface area contributed by atoms with Crippen molar-refractivity contribution in [3.63, 3.8) is 0 Å². The number of unbranched alkanes of at least 4 members (excludes halogenated alkanes) is 24. The van der Waals surface area contributed by atoms with E-state index in [0.717, 1.165) is 18.8 Å². The minimum Gasteiger partial charge on any atom is -0.0999 e. The van der Waals surface area contributed by atoms with Gasteiger partial charge in [0.1, 0.15) is 0 Å². The van der Waals surface area contributed by atoms with Gasteiger partial charge in [0, 0.05) is 0 Å². The van der Waals surface area contributed by atoms with E-state index in [1.807, 2.05) is 55.4 Å². The molecule has 0 fully saturated rings. The molecule has 0 aromatic heterocycles. The average molecular weight is 774 g/mol. The highest BCUT2D eigenvalue weighted by Crippen LogP contribution is 2.24. The topological polar surface area (TPSA) is 0 Å². The van der Waals surface area contributed by atoms with Crippen molar-refractivity contribution >= 4 is 0 Å². The van der Waals surface area contributed by atoms with Gasteiger partial charge in [-0.05, 0) is 24.2 Å². The second kappa shape index (κ2) is 85.1. The normalized spacial score (nSPS) is 9.37. The SMILES string of the molecule is C=C(CC)CC(C)(C)C.CC.CC.CC.CC.CC(C)C.CCC.CCCCCCCCCCCCCCC.CCCCCCCCCCCCCCC. The van der Waals surface area contributed by atoms with Gasteiger partial charge in [0.25, 0.3) is 0 Å². The van der Waals surface area contributed by atoms with E-state index in [1.54, 1.807) is 0 Å². The molecule has 0 saturated carbocycles. The fourth-order valence-corrected chi connectivity index (χ4v) is 5.06. The molecule has 0 N–H and O–H groups in total. The Hall–Kier alpha value is -0.260. The lowest BCUT2D eigenvalue weighted by atomic mass is 9.88. The quantitative estimate of drug-likeness (QED) is 0.0607. The lowest BCUT2D eigenvalue weighted by molar-refractivity contribution is 0.406. The first-order chi connectivity index (χ1) is 25.9. The molecule has 0 heteroatoms. The fraction of sp³-hybridized carbons (Fsp3) is 0.963. The summed E-state index contributed by atoms with van der Waals surface area (Å²) in [6, 6.07) is 0. The zero-order valence-corrected chi connectivity index (χ0v) is 43.8. The van der Waals surface area contributed by atoms with Crippen LogP contribution in [-0.4, -0.2) is 0 Å². The average Bonchev–Trinajstić information content (AvgIpc) is 3.16. The predicted molar refractivity (Wildman–Crippen MR) is 268 cm³/mol. The van der Waals surface area contributed by atoms with Crippen LogP contribution in [0.3, 0.4) is 0 Å². The summed E-state index contributed by atoms with van der Waals surface area (Å²) in [6.45, 7) is 48.8. The Labute approximate surface area is 353 Å². The first kappa shape index (κ1) is 74.7. The number of hydrogen-bond donors (Lipinski definition) is 0. The first-order valence-electron chi connectivity index (χ1n) is 25.6. The Balaban J connectivity index is -0.0000000689. The van der Waals surface area contributed by atoms with Crippen molar-refractivity contribution in [3.05, 3.63) is 12.2 Å². The standard InChI is InChI=1S/2C15H32.C9H18.C4H10.C3H8.4C2H6/c2*1-3-5-7-9-11-13-15-14-12-10-8-6-4-2;1-6-8(2)7-9(3,4)5;1-4(2)3;1-3-2;4*1-2/h2*3-15H2,1-2H3;2,6-7H2,1,3-5H3;4H,1-3H3;3H2,1-2H3;4*1-2H3. The van der Waals surface area contributed by atoms with Crippen LogP contribution in [0.2, 0.25) is 0 Å². The molecular formula is C54H124. The fourth-order valence-electron chi connectivity index (χ4n) is 5.06.